The van der Waals surface area contributed by atoms with Crippen LogP contribution in [0.4, 0.5) is 0 Å². The van der Waals surface area contributed by atoms with Crippen molar-refractivity contribution in [3.05, 3.63) is 70.0 Å². The zero-order chi connectivity index (χ0) is 16.7. The molecule has 6 nitrogen and oxygen atoms in total. The van der Waals surface area contributed by atoms with Gasteiger partial charge < -0.3 is 4.42 Å². The lowest BCUT2D eigenvalue weighted by atomic mass is 10.1. The van der Waals surface area contributed by atoms with Crippen LogP contribution >= 0.6 is 15.9 Å². The van der Waals surface area contributed by atoms with Crippen LogP contribution in [0, 0.1) is 0 Å². The van der Waals surface area contributed by atoms with Crippen LogP contribution in [0.15, 0.2) is 57.4 Å². The maximum Gasteiger partial charge on any atom is 0.262 e. The Hall–Kier alpha value is -2.80. The minimum absolute atomic E-state index is 0.0458. The van der Waals surface area contributed by atoms with Gasteiger partial charge in [-0.15, -0.1) is 10.2 Å². The van der Waals surface area contributed by atoms with Gasteiger partial charge in [0.05, 0.1) is 11.1 Å². The smallest absolute Gasteiger partial charge is 0.262 e. The van der Waals surface area contributed by atoms with Gasteiger partial charge in [-0.3, -0.25) is 14.5 Å². The van der Waals surface area contributed by atoms with E-state index >= 15 is 0 Å². The zero-order valence-corrected chi connectivity index (χ0v) is 13.9. The second-order valence-corrected chi connectivity index (χ2v) is 6.17. The van der Waals surface area contributed by atoms with Gasteiger partial charge in [0.2, 0.25) is 11.8 Å². The highest BCUT2D eigenvalue weighted by molar-refractivity contribution is 9.10. The topological polar surface area (TPSA) is 76.3 Å². The number of nitrogens with zero attached hydrogens (tertiary/aromatic N) is 3. The molecule has 0 unspecified atom stereocenters. The van der Waals surface area contributed by atoms with E-state index in [1.54, 1.807) is 24.3 Å². The number of benzene rings is 2. The highest BCUT2D eigenvalue weighted by Crippen LogP contribution is 2.25. The molecule has 4 rings (SSSR count). The summed E-state index contributed by atoms with van der Waals surface area (Å²) in [6.45, 7) is -0.0458. The van der Waals surface area contributed by atoms with E-state index in [4.69, 9.17) is 4.42 Å². The largest absolute Gasteiger partial charge is 0.419 e. The first-order chi connectivity index (χ1) is 11.6. The Morgan fingerprint density at radius 3 is 2.17 bits per heavy atom. The Morgan fingerprint density at radius 1 is 0.917 bits per heavy atom. The van der Waals surface area contributed by atoms with Gasteiger partial charge in [0, 0.05) is 10.0 Å². The Balaban J connectivity index is 1.58. The van der Waals surface area contributed by atoms with Gasteiger partial charge in [0.15, 0.2) is 0 Å². The molecule has 1 aromatic heterocycles. The van der Waals surface area contributed by atoms with Crippen LogP contribution in [0.5, 0.6) is 0 Å². The van der Waals surface area contributed by atoms with Crippen molar-refractivity contribution in [2.45, 2.75) is 6.54 Å². The number of amides is 2. The molecule has 1 aliphatic heterocycles. The molecule has 2 aromatic carbocycles. The molecule has 0 radical (unpaired) electrons. The minimum Gasteiger partial charge on any atom is -0.419 e. The van der Waals surface area contributed by atoms with Crippen LogP contribution in [0.3, 0.4) is 0 Å². The van der Waals surface area contributed by atoms with Crippen LogP contribution in [-0.4, -0.2) is 26.9 Å². The summed E-state index contributed by atoms with van der Waals surface area (Å²) in [5.41, 5.74) is 1.56. The number of hydrogen-bond donors (Lipinski definition) is 0. The van der Waals surface area contributed by atoms with E-state index in [0.717, 1.165) is 14.9 Å². The first kappa shape index (κ1) is 14.8. The molecule has 0 N–H and O–H groups in total. The van der Waals surface area contributed by atoms with Crippen molar-refractivity contribution in [3.8, 4) is 11.5 Å². The molecule has 0 atom stereocenters. The lowest BCUT2D eigenvalue weighted by molar-refractivity contribution is 0.0629. The fourth-order valence-electron chi connectivity index (χ4n) is 2.54. The minimum atomic E-state index is -0.348. The monoisotopic (exact) mass is 383 g/mol. The van der Waals surface area contributed by atoms with Gasteiger partial charge in [-0.25, -0.2) is 0 Å². The molecule has 2 heterocycles. The van der Waals surface area contributed by atoms with E-state index in [9.17, 15) is 9.59 Å². The number of rotatable bonds is 3. The molecule has 0 saturated carbocycles. The highest BCUT2D eigenvalue weighted by atomic mass is 79.9. The van der Waals surface area contributed by atoms with Gasteiger partial charge in [0.25, 0.3) is 11.8 Å². The van der Waals surface area contributed by atoms with Crippen LogP contribution in [0.2, 0.25) is 0 Å². The van der Waals surface area contributed by atoms with Crippen molar-refractivity contribution >= 4 is 27.7 Å². The van der Waals surface area contributed by atoms with E-state index in [1.807, 2.05) is 24.3 Å². The second kappa shape index (κ2) is 5.68. The molecule has 0 fully saturated rings. The molecular formula is C17H10BrN3O3. The summed E-state index contributed by atoms with van der Waals surface area (Å²) in [5.74, 6) is -0.144. The Bertz CT molecular complexity index is 915. The number of carbonyl (C=O) groups is 2. The number of imide groups is 1. The number of fused-ring (bicyclic) bond motifs is 1. The molecule has 2 amide bonds. The van der Waals surface area contributed by atoms with E-state index in [-0.39, 0.29) is 24.2 Å². The lowest BCUT2D eigenvalue weighted by Crippen LogP contribution is -2.29. The van der Waals surface area contributed by atoms with Crippen LogP contribution in [0.1, 0.15) is 26.6 Å². The van der Waals surface area contributed by atoms with Crippen LogP contribution in [0.25, 0.3) is 11.5 Å². The number of carbonyl (C=O) groups excluding carboxylic acids is 2. The average molecular weight is 384 g/mol. The van der Waals surface area contributed by atoms with E-state index in [1.165, 1.54) is 0 Å². The summed E-state index contributed by atoms with van der Waals surface area (Å²) in [5, 5.41) is 7.91. The summed E-state index contributed by atoms with van der Waals surface area (Å²) in [7, 11) is 0. The van der Waals surface area contributed by atoms with Crippen molar-refractivity contribution < 1.29 is 14.0 Å². The molecular weight excluding hydrogens is 374 g/mol. The van der Waals surface area contributed by atoms with Crippen LogP contribution in [-0.2, 0) is 6.54 Å². The summed E-state index contributed by atoms with van der Waals surface area (Å²) in [4.78, 5) is 25.8. The molecule has 7 heteroatoms. The summed E-state index contributed by atoms with van der Waals surface area (Å²) >= 11 is 3.36. The maximum absolute atomic E-state index is 12.3. The second-order valence-electron chi connectivity index (χ2n) is 5.25. The molecule has 118 valence electrons. The third-order valence-corrected chi connectivity index (χ3v) is 4.26. The Labute approximate surface area is 145 Å². The van der Waals surface area contributed by atoms with Crippen molar-refractivity contribution in [3.63, 3.8) is 0 Å². The van der Waals surface area contributed by atoms with Crippen molar-refractivity contribution in [2.24, 2.45) is 0 Å². The Kier molecular flexibility index (Phi) is 3.50. The molecule has 0 saturated heterocycles. The number of hydrogen-bond acceptors (Lipinski definition) is 5. The van der Waals surface area contributed by atoms with Crippen molar-refractivity contribution in [1.29, 1.82) is 0 Å². The highest BCUT2D eigenvalue weighted by Gasteiger charge is 2.36. The quantitative estimate of drug-likeness (QED) is 0.648. The molecule has 0 spiro atoms. The van der Waals surface area contributed by atoms with Gasteiger partial charge in [-0.2, -0.15) is 0 Å². The summed E-state index contributed by atoms with van der Waals surface area (Å²) in [6.07, 6.45) is 0. The SMILES string of the molecule is O=C1c2ccccc2C(=O)N1Cc1nnc(-c2ccc(Br)cc2)o1. The normalized spacial score (nSPS) is 13.5. The van der Waals surface area contributed by atoms with Crippen LogP contribution < -0.4 is 0 Å². The van der Waals surface area contributed by atoms with Gasteiger partial charge in [0.1, 0.15) is 6.54 Å². The summed E-state index contributed by atoms with van der Waals surface area (Å²) in [6, 6.07) is 14.1. The first-order valence-corrected chi connectivity index (χ1v) is 7.96. The third kappa shape index (κ3) is 2.43. The van der Waals surface area contributed by atoms with Crippen molar-refractivity contribution in [2.75, 3.05) is 0 Å². The fraction of sp³-hybridized carbons (Fsp3) is 0.0588. The standard InChI is InChI=1S/C17H10BrN3O3/c18-11-7-5-10(6-8-11)15-20-19-14(24-15)9-21-16(22)12-3-1-2-4-13(12)17(21)23/h1-8H,9H2. The first-order valence-electron chi connectivity index (χ1n) is 7.17. The zero-order valence-electron chi connectivity index (χ0n) is 12.3. The third-order valence-electron chi connectivity index (χ3n) is 3.73. The maximum atomic E-state index is 12.3. The van der Waals surface area contributed by atoms with E-state index in [2.05, 4.69) is 26.1 Å². The Morgan fingerprint density at radius 2 is 1.54 bits per heavy atom. The lowest BCUT2D eigenvalue weighted by Gasteiger charge is -2.10. The van der Waals surface area contributed by atoms with Gasteiger partial charge >= 0.3 is 0 Å². The average Bonchev–Trinajstić information content (AvgIpc) is 3.16. The van der Waals surface area contributed by atoms with E-state index < -0.39 is 0 Å². The molecule has 0 bridgehead atoms. The van der Waals surface area contributed by atoms with E-state index in [0.29, 0.717) is 17.0 Å². The molecule has 24 heavy (non-hydrogen) atoms. The predicted octanol–water partition coefficient (Wildman–Crippen LogP) is 3.30. The van der Waals surface area contributed by atoms with Gasteiger partial charge in [-0.05, 0) is 36.4 Å². The predicted molar refractivity (Wildman–Crippen MR) is 88.1 cm³/mol. The molecule has 0 aliphatic carbocycles. The number of aromatic nitrogens is 2. The number of halogens is 1. The molecule has 1 aliphatic rings. The summed E-state index contributed by atoms with van der Waals surface area (Å²) < 4.78 is 6.53. The van der Waals surface area contributed by atoms with Crippen molar-refractivity contribution in [1.82, 2.24) is 15.1 Å². The fourth-order valence-corrected chi connectivity index (χ4v) is 2.81. The van der Waals surface area contributed by atoms with Gasteiger partial charge in [-0.1, -0.05) is 28.1 Å². The molecule has 3 aromatic rings.